The lowest BCUT2D eigenvalue weighted by atomic mass is 9.97. The van der Waals surface area contributed by atoms with Gasteiger partial charge in [0.1, 0.15) is 4.83 Å². The van der Waals surface area contributed by atoms with Crippen LogP contribution in [0.4, 0.5) is 5.69 Å². The van der Waals surface area contributed by atoms with E-state index < -0.39 is 0 Å². The van der Waals surface area contributed by atoms with Gasteiger partial charge in [0.15, 0.2) is 5.16 Å². The number of nitrogens with zero attached hydrogens (tertiary/aromatic N) is 2. The summed E-state index contributed by atoms with van der Waals surface area (Å²) in [6, 6.07) is 13.9. The summed E-state index contributed by atoms with van der Waals surface area (Å²) in [5, 5.41) is 6.52. The number of amides is 1. The van der Waals surface area contributed by atoms with Gasteiger partial charge < -0.3 is 5.32 Å². The van der Waals surface area contributed by atoms with Crippen LogP contribution in [0.15, 0.2) is 52.4 Å². The molecule has 7 heteroatoms. The number of thioether (sulfide) groups is 1. The predicted molar refractivity (Wildman–Crippen MR) is 125 cm³/mol. The first kappa shape index (κ1) is 19.3. The van der Waals surface area contributed by atoms with E-state index >= 15 is 0 Å². The van der Waals surface area contributed by atoms with Crippen molar-refractivity contribution >= 4 is 55.7 Å². The molecule has 1 aliphatic rings. The van der Waals surface area contributed by atoms with Crippen molar-refractivity contribution in [2.75, 3.05) is 11.1 Å². The van der Waals surface area contributed by atoms with Crippen LogP contribution < -0.4 is 10.9 Å². The van der Waals surface area contributed by atoms with E-state index in [4.69, 9.17) is 4.98 Å². The van der Waals surface area contributed by atoms with Gasteiger partial charge in [0.2, 0.25) is 5.91 Å². The van der Waals surface area contributed by atoms with Crippen LogP contribution in [0.2, 0.25) is 0 Å². The summed E-state index contributed by atoms with van der Waals surface area (Å²) < 4.78 is 1.58. The molecule has 30 heavy (non-hydrogen) atoms. The number of nitrogens with one attached hydrogen (secondary N) is 1. The van der Waals surface area contributed by atoms with Crippen molar-refractivity contribution < 1.29 is 4.79 Å². The Hall–Kier alpha value is -2.64. The predicted octanol–water partition coefficient (Wildman–Crippen LogP) is 4.76. The van der Waals surface area contributed by atoms with Crippen molar-refractivity contribution in [3.8, 4) is 0 Å². The molecule has 0 saturated heterocycles. The highest BCUT2D eigenvalue weighted by Gasteiger charge is 2.21. The Kier molecular flexibility index (Phi) is 5.08. The number of fused-ring (bicyclic) bond motifs is 4. The number of thiophene rings is 1. The highest BCUT2D eigenvalue weighted by atomic mass is 32.2. The molecule has 0 atom stereocenters. The first-order valence-electron chi connectivity index (χ1n) is 10.0. The van der Waals surface area contributed by atoms with E-state index in [1.54, 1.807) is 23.0 Å². The van der Waals surface area contributed by atoms with Crippen molar-refractivity contribution in [1.29, 1.82) is 0 Å². The molecule has 152 valence electrons. The van der Waals surface area contributed by atoms with Gasteiger partial charge in [-0.2, -0.15) is 0 Å². The van der Waals surface area contributed by atoms with Crippen LogP contribution >= 0.6 is 23.1 Å². The highest BCUT2D eigenvalue weighted by Crippen LogP contribution is 2.34. The van der Waals surface area contributed by atoms with E-state index in [0.29, 0.717) is 5.16 Å². The minimum Gasteiger partial charge on any atom is -0.325 e. The summed E-state index contributed by atoms with van der Waals surface area (Å²) in [6.45, 7) is 0. The molecular weight excluding hydrogens is 414 g/mol. The van der Waals surface area contributed by atoms with Crippen molar-refractivity contribution in [3.05, 3.63) is 63.3 Å². The van der Waals surface area contributed by atoms with E-state index in [1.807, 2.05) is 42.5 Å². The molecule has 2 aromatic heterocycles. The van der Waals surface area contributed by atoms with Crippen molar-refractivity contribution in [2.45, 2.75) is 30.8 Å². The standard InChI is InChI=1S/C23H21N3O2S2/c1-26-22(28)20-17-8-4-5-9-18(17)30-21(20)25-23(26)29-13-19(27)24-16-11-10-14-6-2-3-7-15(14)12-16/h2-3,6-7,10-12H,4-5,8-9,13H2,1H3,(H,24,27). The Morgan fingerprint density at radius 1 is 1.17 bits per heavy atom. The second kappa shape index (κ2) is 7.89. The van der Waals surface area contributed by atoms with Crippen LogP contribution in [0.5, 0.6) is 0 Å². The second-order valence-corrected chi connectivity index (χ2v) is 9.57. The molecule has 0 unspecified atom stereocenters. The normalized spacial score (nSPS) is 13.5. The van der Waals surface area contributed by atoms with Gasteiger partial charge in [-0.15, -0.1) is 11.3 Å². The van der Waals surface area contributed by atoms with Gasteiger partial charge in [-0.1, -0.05) is 42.1 Å². The zero-order valence-corrected chi connectivity index (χ0v) is 18.2. The number of benzene rings is 2. The molecule has 0 saturated carbocycles. The molecule has 0 spiro atoms. The van der Waals surface area contributed by atoms with Gasteiger partial charge in [0.05, 0.1) is 11.1 Å². The summed E-state index contributed by atoms with van der Waals surface area (Å²) in [5.41, 5.74) is 1.96. The lowest BCUT2D eigenvalue weighted by molar-refractivity contribution is -0.113. The van der Waals surface area contributed by atoms with Gasteiger partial charge in [0.25, 0.3) is 5.56 Å². The lowest BCUT2D eigenvalue weighted by Crippen LogP contribution is -2.22. The summed E-state index contributed by atoms with van der Waals surface area (Å²) in [5.74, 6) is 0.0825. The zero-order valence-electron chi connectivity index (χ0n) is 16.6. The quantitative estimate of drug-likeness (QED) is 0.371. The number of aryl methyl sites for hydroxylation is 2. The van der Waals surface area contributed by atoms with Crippen LogP contribution in [0, 0.1) is 0 Å². The number of hydrogen-bond donors (Lipinski definition) is 1. The Balaban J connectivity index is 1.34. The average Bonchev–Trinajstić information content (AvgIpc) is 3.13. The molecule has 0 fully saturated rings. The number of rotatable bonds is 4. The Labute approximate surface area is 182 Å². The maximum absolute atomic E-state index is 13.0. The molecule has 0 aliphatic heterocycles. The van der Waals surface area contributed by atoms with Crippen molar-refractivity contribution in [1.82, 2.24) is 9.55 Å². The molecule has 2 heterocycles. The third-order valence-corrected chi connectivity index (χ3v) is 7.74. The third-order valence-electron chi connectivity index (χ3n) is 5.52. The van der Waals surface area contributed by atoms with E-state index in [2.05, 4.69) is 5.32 Å². The van der Waals surface area contributed by atoms with E-state index in [9.17, 15) is 9.59 Å². The van der Waals surface area contributed by atoms with Crippen molar-refractivity contribution in [2.24, 2.45) is 7.05 Å². The third kappa shape index (κ3) is 3.52. The Morgan fingerprint density at radius 3 is 2.83 bits per heavy atom. The molecule has 0 radical (unpaired) electrons. The SMILES string of the molecule is Cn1c(SCC(=O)Nc2ccc3ccccc3c2)nc2sc3c(c2c1=O)CCCC3. The Bertz CT molecular complexity index is 1340. The fraction of sp³-hybridized carbons (Fsp3) is 0.261. The maximum Gasteiger partial charge on any atom is 0.262 e. The van der Waals surface area contributed by atoms with E-state index in [-0.39, 0.29) is 17.2 Å². The van der Waals surface area contributed by atoms with Gasteiger partial charge in [0, 0.05) is 17.6 Å². The molecule has 1 N–H and O–H groups in total. The minimum absolute atomic E-state index is 0.00293. The molecule has 1 amide bonds. The molecule has 4 aromatic rings. The summed E-state index contributed by atoms with van der Waals surface area (Å²) in [6.07, 6.45) is 4.31. The summed E-state index contributed by atoms with van der Waals surface area (Å²) in [7, 11) is 1.74. The van der Waals surface area contributed by atoms with Crippen LogP contribution in [0.3, 0.4) is 0 Å². The van der Waals surface area contributed by atoms with Gasteiger partial charge in [-0.05, 0) is 54.2 Å². The molecule has 1 aliphatic carbocycles. The number of carbonyl (C=O) groups is 1. The van der Waals surface area contributed by atoms with E-state index in [0.717, 1.165) is 45.9 Å². The summed E-state index contributed by atoms with van der Waals surface area (Å²) in [4.78, 5) is 32.3. The second-order valence-electron chi connectivity index (χ2n) is 7.55. The maximum atomic E-state index is 13.0. The fourth-order valence-corrected chi connectivity index (χ4v) is 6.06. The van der Waals surface area contributed by atoms with E-state index in [1.165, 1.54) is 28.6 Å². The zero-order chi connectivity index (χ0) is 20.7. The molecule has 2 aromatic carbocycles. The monoisotopic (exact) mass is 435 g/mol. The van der Waals surface area contributed by atoms with Crippen LogP contribution in [-0.4, -0.2) is 21.2 Å². The molecule has 5 nitrogen and oxygen atoms in total. The van der Waals surface area contributed by atoms with Gasteiger partial charge >= 0.3 is 0 Å². The number of anilines is 1. The number of aromatic nitrogens is 2. The lowest BCUT2D eigenvalue weighted by Gasteiger charge is -2.11. The Morgan fingerprint density at radius 2 is 1.97 bits per heavy atom. The van der Waals surface area contributed by atoms with Crippen LogP contribution in [0.25, 0.3) is 21.0 Å². The van der Waals surface area contributed by atoms with Gasteiger partial charge in [-0.25, -0.2) is 4.98 Å². The summed E-state index contributed by atoms with van der Waals surface area (Å²) >= 11 is 2.94. The van der Waals surface area contributed by atoms with Gasteiger partial charge in [-0.3, -0.25) is 14.2 Å². The first-order chi connectivity index (χ1) is 14.6. The molecule has 5 rings (SSSR count). The number of carbonyl (C=O) groups excluding carboxylic acids is 1. The minimum atomic E-state index is -0.116. The molecular formula is C23H21N3O2S2. The fourth-order valence-electron chi connectivity index (χ4n) is 3.99. The van der Waals surface area contributed by atoms with Crippen LogP contribution in [-0.2, 0) is 24.7 Å². The highest BCUT2D eigenvalue weighted by molar-refractivity contribution is 7.99. The number of hydrogen-bond acceptors (Lipinski definition) is 5. The molecule has 0 bridgehead atoms. The topological polar surface area (TPSA) is 64.0 Å². The van der Waals surface area contributed by atoms with Crippen molar-refractivity contribution in [3.63, 3.8) is 0 Å². The van der Waals surface area contributed by atoms with Crippen LogP contribution in [0.1, 0.15) is 23.3 Å². The smallest absolute Gasteiger partial charge is 0.262 e. The first-order valence-corrected chi connectivity index (χ1v) is 11.8. The average molecular weight is 436 g/mol. The largest absolute Gasteiger partial charge is 0.325 e.